The first kappa shape index (κ1) is 23.5. The Balaban J connectivity index is 1.67. The van der Waals surface area contributed by atoms with Gasteiger partial charge in [0.25, 0.3) is 5.91 Å². The van der Waals surface area contributed by atoms with E-state index in [9.17, 15) is 13.2 Å². The summed E-state index contributed by atoms with van der Waals surface area (Å²) in [4.78, 5) is 18.3. The maximum Gasteiger partial charge on any atom is 0.256 e. The Morgan fingerprint density at radius 2 is 1.81 bits per heavy atom. The van der Waals surface area contributed by atoms with Gasteiger partial charge in [-0.3, -0.25) is 4.79 Å². The maximum absolute atomic E-state index is 13.5. The number of halogens is 1. The molecule has 1 aromatic carbocycles. The zero-order valence-corrected chi connectivity index (χ0v) is 20.5. The molecular formula is C22H28ClN3O4S2. The van der Waals surface area contributed by atoms with Crippen LogP contribution in [0.2, 0.25) is 4.34 Å². The van der Waals surface area contributed by atoms with Crippen molar-refractivity contribution in [2.75, 3.05) is 51.3 Å². The highest BCUT2D eigenvalue weighted by atomic mass is 35.5. The summed E-state index contributed by atoms with van der Waals surface area (Å²) in [5, 5.41) is 0. The van der Waals surface area contributed by atoms with E-state index in [4.69, 9.17) is 16.3 Å². The molecule has 2 fully saturated rings. The van der Waals surface area contributed by atoms with Crippen molar-refractivity contribution in [3.63, 3.8) is 0 Å². The summed E-state index contributed by atoms with van der Waals surface area (Å²) < 4.78 is 34.2. The third-order valence-electron chi connectivity index (χ3n) is 5.87. The number of hydrogen-bond acceptors (Lipinski definition) is 6. The molecule has 2 aromatic rings. The van der Waals surface area contributed by atoms with Crippen molar-refractivity contribution in [1.29, 1.82) is 0 Å². The fourth-order valence-electron chi connectivity index (χ4n) is 4.13. The Hall–Kier alpha value is -1.65. The minimum absolute atomic E-state index is 0.173. The van der Waals surface area contributed by atoms with Crippen molar-refractivity contribution in [3.05, 3.63) is 45.1 Å². The SMILES string of the molecule is CN(Cc1ccc(Cl)s1)C(=O)c1cc(S(=O)(=O)N2CCCCC2)ccc1N1CCOCC1. The quantitative estimate of drug-likeness (QED) is 0.608. The van der Waals surface area contributed by atoms with Crippen LogP contribution in [-0.4, -0.2) is 70.0 Å². The van der Waals surface area contributed by atoms with E-state index >= 15 is 0 Å². The molecule has 0 aliphatic carbocycles. The molecule has 32 heavy (non-hydrogen) atoms. The molecule has 1 amide bonds. The number of sulfonamides is 1. The van der Waals surface area contributed by atoms with Crippen molar-refractivity contribution in [3.8, 4) is 0 Å². The average Bonchev–Trinajstić information content (AvgIpc) is 3.23. The van der Waals surface area contributed by atoms with Gasteiger partial charge in [-0.05, 0) is 43.2 Å². The second kappa shape index (κ2) is 10.1. The van der Waals surface area contributed by atoms with Gasteiger partial charge in [-0.1, -0.05) is 18.0 Å². The van der Waals surface area contributed by atoms with E-state index in [1.165, 1.54) is 15.6 Å². The number of ether oxygens (including phenoxy) is 1. The van der Waals surface area contributed by atoms with E-state index in [0.29, 0.717) is 55.8 Å². The summed E-state index contributed by atoms with van der Waals surface area (Å²) in [7, 11) is -1.92. The maximum atomic E-state index is 13.5. The molecule has 0 atom stereocenters. The smallest absolute Gasteiger partial charge is 0.256 e. The fourth-order valence-corrected chi connectivity index (χ4v) is 6.81. The second-order valence-electron chi connectivity index (χ2n) is 8.11. The van der Waals surface area contributed by atoms with Gasteiger partial charge in [0.15, 0.2) is 0 Å². The van der Waals surface area contributed by atoms with Gasteiger partial charge in [0.1, 0.15) is 0 Å². The Morgan fingerprint density at radius 1 is 1.09 bits per heavy atom. The van der Waals surface area contributed by atoms with E-state index in [1.807, 2.05) is 12.1 Å². The summed E-state index contributed by atoms with van der Waals surface area (Å²) in [5.41, 5.74) is 1.14. The molecule has 0 spiro atoms. The molecule has 0 unspecified atom stereocenters. The van der Waals surface area contributed by atoms with Crippen LogP contribution in [0.5, 0.6) is 0 Å². The summed E-state index contributed by atoms with van der Waals surface area (Å²) in [6.07, 6.45) is 2.77. The predicted molar refractivity (Wildman–Crippen MR) is 127 cm³/mol. The zero-order valence-electron chi connectivity index (χ0n) is 18.1. The highest BCUT2D eigenvalue weighted by Crippen LogP contribution is 2.30. The molecule has 0 N–H and O–H groups in total. The molecule has 4 rings (SSSR count). The Labute approximate surface area is 198 Å². The largest absolute Gasteiger partial charge is 0.378 e. The third kappa shape index (κ3) is 5.12. The molecule has 174 valence electrons. The van der Waals surface area contributed by atoms with E-state index < -0.39 is 10.0 Å². The average molecular weight is 498 g/mol. The summed E-state index contributed by atoms with van der Waals surface area (Å²) in [5.74, 6) is -0.216. The third-order valence-corrected chi connectivity index (χ3v) is 8.98. The predicted octanol–water partition coefficient (Wildman–Crippen LogP) is 3.68. The van der Waals surface area contributed by atoms with E-state index in [0.717, 1.165) is 29.8 Å². The zero-order chi connectivity index (χ0) is 22.7. The van der Waals surface area contributed by atoms with Crippen molar-refractivity contribution in [1.82, 2.24) is 9.21 Å². The fraction of sp³-hybridized carbons (Fsp3) is 0.500. The van der Waals surface area contributed by atoms with Gasteiger partial charge in [0, 0.05) is 43.8 Å². The van der Waals surface area contributed by atoms with Gasteiger partial charge >= 0.3 is 0 Å². The molecule has 1 aromatic heterocycles. The number of piperidine rings is 1. The van der Waals surface area contributed by atoms with Crippen molar-refractivity contribution < 1.29 is 17.9 Å². The number of carbonyl (C=O) groups excluding carboxylic acids is 1. The molecule has 7 nitrogen and oxygen atoms in total. The lowest BCUT2D eigenvalue weighted by Gasteiger charge is -2.32. The normalized spacial score (nSPS) is 18.0. The highest BCUT2D eigenvalue weighted by molar-refractivity contribution is 7.89. The molecular weight excluding hydrogens is 470 g/mol. The van der Waals surface area contributed by atoms with Crippen LogP contribution in [0.15, 0.2) is 35.2 Å². The Morgan fingerprint density at radius 3 is 2.47 bits per heavy atom. The van der Waals surface area contributed by atoms with Gasteiger partial charge in [0.05, 0.1) is 34.6 Å². The molecule has 0 saturated carbocycles. The topological polar surface area (TPSA) is 70.2 Å². The van der Waals surface area contributed by atoms with Crippen molar-refractivity contribution in [2.45, 2.75) is 30.7 Å². The van der Waals surface area contributed by atoms with E-state index in [-0.39, 0.29) is 10.8 Å². The van der Waals surface area contributed by atoms with Gasteiger partial charge < -0.3 is 14.5 Å². The molecule has 0 radical (unpaired) electrons. The van der Waals surface area contributed by atoms with Crippen LogP contribution < -0.4 is 4.90 Å². The van der Waals surface area contributed by atoms with Crippen molar-refractivity contribution in [2.24, 2.45) is 0 Å². The number of hydrogen-bond donors (Lipinski definition) is 0. The van der Waals surface area contributed by atoms with E-state index in [1.54, 1.807) is 30.1 Å². The second-order valence-corrected chi connectivity index (χ2v) is 11.8. The number of benzene rings is 1. The molecule has 3 heterocycles. The first-order valence-electron chi connectivity index (χ1n) is 10.8. The lowest BCUT2D eigenvalue weighted by atomic mass is 10.1. The number of thiophene rings is 1. The number of nitrogens with zero attached hydrogens (tertiary/aromatic N) is 3. The lowest BCUT2D eigenvalue weighted by molar-refractivity contribution is 0.0785. The van der Waals surface area contributed by atoms with Crippen molar-refractivity contribution >= 4 is 44.6 Å². The van der Waals surface area contributed by atoms with Crippen LogP contribution in [0.1, 0.15) is 34.5 Å². The minimum Gasteiger partial charge on any atom is -0.378 e. The van der Waals surface area contributed by atoms with Gasteiger partial charge in [-0.2, -0.15) is 4.31 Å². The number of morpholine rings is 1. The van der Waals surface area contributed by atoms with Crippen LogP contribution in [0.4, 0.5) is 5.69 Å². The van der Waals surface area contributed by atoms with Crippen LogP contribution in [0.25, 0.3) is 0 Å². The van der Waals surface area contributed by atoms with Gasteiger partial charge in [-0.15, -0.1) is 11.3 Å². The van der Waals surface area contributed by atoms with Crippen LogP contribution >= 0.6 is 22.9 Å². The molecule has 0 bridgehead atoms. The molecule has 2 aliphatic rings. The van der Waals surface area contributed by atoms with Crippen LogP contribution in [-0.2, 0) is 21.3 Å². The lowest BCUT2D eigenvalue weighted by Crippen LogP contribution is -2.38. The molecule has 10 heteroatoms. The van der Waals surface area contributed by atoms with Gasteiger partial charge in [0.2, 0.25) is 10.0 Å². The molecule has 2 saturated heterocycles. The van der Waals surface area contributed by atoms with Gasteiger partial charge in [-0.25, -0.2) is 8.42 Å². The number of amides is 1. The monoisotopic (exact) mass is 497 g/mol. The first-order valence-corrected chi connectivity index (χ1v) is 13.5. The first-order chi connectivity index (χ1) is 15.4. The van der Waals surface area contributed by atoms with Crippen LogP contribution in [0, 0.1) is 0 Å². The standard InChI is InChI=1S/C22H28ClN3O4S2/c1-24(16-17-5-8-21(23)31-17)22(27)19-15-18(32(28,29)26-9-3-2-4-10-26)6-7-20(19)25-11-13-30-14-12-25/h5-8,15H,2-4,9-14,16H2,1H3. The van der Waals surface area contributed by atoms with E-state index in [2.05, 4.69) is 4.90 Å². The summed E-state index contributed by atoms with van der Waals surface area (Å²) >= 11 is 7.47. The Bertz CT molecular complexity index is 1060. The van der Waals surface area contributed by atoms with Crippen LogP contribution in [0.3, 0.4) is 0 Å². The highest BCUT2D eigenvalue weighted by Gasteiger charge is 2.29. The number of rotatable bonds is 6. The molecule has 2 aliphatic heterocycles. The minimum atomic E-state index is -3.64. The summed E-state index contributed by atoms with van der Waals surface area (Å²) in [6.45, 7) is 3.91. The number of anilines is 1. The number of carbonyl (C=O) groups is 1. The summed E-state index contributed by atoms with van der Waals surface area (Å²) in [6, 6.07) is 8.66. The Kier molecular flexibility index (Phi) is 7.41.